The number of likely N-dealkylation sites (tertiary alicyclic amines) is 1. The maximum Gasteiger partial charge on any atom is 0.415 e. The number of anilines is 1. The quantitative estimate of drug-likeness (QED) is 0.469. The molecule has 2 aromatic carbocycles. The minimum Gasteiger partial charge on any atom is -0.410 e. The predicted octanol–water partition coefficient (Wildman–Crippen LogP) is 4.94. The highest BCUT2D eigenvalue weighted by Gasteiger charge is 2.23. The van der Waals surface area contributed by atoms with Crippen LogP contribution in [0.4, 0.5) is 10.5 Å². The van der Waals surface area contributed by atoms with Crippen LogP contribution in [0.1, 0.15) is 46.6 Å². The number of benzene rings is 2. The molecule has 0 unspecified atom stereocenters. The van der Waals surface area contributed by atoms with E-state index in [0.717, 1.165) is 50.7 Å². The second-order valence-electron chi connectivity index (χ2n) is 10.4. The maximum atomic E-state index is 12.7. The van der Waals surface area contributed by atoms with Gasteiger partial charge >= 0.3 is 6.09 Å². The van der Waals surface area contributed by atoms with Crippen LogP contribution in [0.2, 0.25) is 0 Å². The number of carbonyl (C=O) groups excluding carboxylic acids is 2. The molecule has 2 aliphatic heterocycles. The fourth-order valence-corrected chi connectivity index (χ4v) is 5.12. The fraction of sp³-hybridized carbons (Fsp3) is 0.387. The van der Waals surface area contributed by atoms with Gasteiger partial charge in [0.25, 0.3) is 5.91 Å². The van der Waals surface area contributed by atoms with Crippen molar-refractivity contribution in [3.8, 4) is 5.75 Å². The fourth-order valence-electron chi connectivity index (χ4n) is 5.12. The molecule has 2 amide bonds. The molecule has 0 bridgehead atoms. The number of ether oxygens (including phenoxy) is 1. The van der Waals surface area contributed by atoms with Crippen LogP contribution in [0, 0.1) is 6.92 Å². The number of piperazine rings is 1. The van der Waals surface area contributed by atoms with Gasteiger partial charge in [0.15, 0.2) is 0 Å². The van der Waals surface area contributed by atoms with E-state index in [0.29, 0.717) is 30.1 Å². The van der Waals surface area contributed by atoms with E-state index in [2.05, 4.69) is 20.1 Å². The summed E-state index contributed by atoms with van der Waals surface area (Å²) in [5.41, 5.74) is 4.55. The Bertz CT molecular complexity index is 1250. The molecule has 3 aromatic rings. The standard InChI is InChI=1S/C31H37N5O3/c1-24-6-5-7-28(32-24)23-35-18-20-36(21-19-35)31(38)39-29-14-12-27(13-15-29)33-30(37)26-10-8-25(9-11-26)22-34-16-3-2-4-17-34/h5-15H,2-4,16-23H2,1H3,(H,33,37). The zero-order valence-corrected chi connectivity index (χ0v) is 22.6. The summed E-state index contributed by atoms with van der Waals surface area (Å²) in [5.74, 6) is 0.287. The van der Waals surface area contributed by atoms with Crippen molar-refractivity contribution in [2.45, 2.75) is 39.3 Å². The molecule has 204 valence electrons. The summed E-state index contributed by atoms with van der Waals surface area (Å²) in [4.78, 5) is 36.5. The van der Waals surface area contributed by atoms with Crippen molar-refractivity contribution in [2.75, 3.05) is 44.6 Å². The van der Waals surface area contributed by atoms with Gasteiger partial charge in [-0.05, 0) is 86.9 Å². The first-order valence-electron chi connectivity index (χ1n) is 13.9. The van der Waals surface area contributed by atoms with Gasteiger partial charge < -0.3 is 15.0 Å². The van der Waals surface area contributed by atoms with E-state index in [1.165, 1.54) is 24.8 Å². The molecule has 5 rings (SSSR count). The van der Waals surface area contributed by atoms with E-state index in [-0.39, 0.29) is 12.0 Å². The van der Waals surface area contributed by atoms with Crippen LogP contribution >= 0.6 is 0 Å². The van der Waals surface area contributed by atoms with E-state index >= 15 is 0 Å². The highest BCUT2D eigenvalue weighted by atomic mass is 16.6. The lowest BCUT2D eigenvalue weighted by Crippen LogP contribution is -2.49. The lowest BCUT2D eigenvalue weighted by atomic mass is 10.1. The van der Waals surface area contributed by atoms with Crippen molar-refractivity contribution < 1.29 is 14.3 Å². The van der Waals surface area contributed by atoms with E-state index in [1.54, 1.807) is 29.2 Å². The largest absolute Gasteiger partial charge is 0.415 e. The van der Waals surface area contributed by atoms with Crippen molar-refractivity contribution in [2.24, 2.45) is 0 Å². The molecule has 2 fully saturated rings. The number of nitrogens with one attached hydrogen (secondary N) is 1. The Labute approximate surface area is 230 Å². The average molecular weight is 528 g/mol. The van der Waals surface area contributed by atoms with Crippen LogP contribution in [0.3, 0.4) is 0 Å². The molecule has 0 saturated carbocycles. The van der Waals surface area contributed by atoms with Gasteiger partial charge in [-0.2, -0.15) is 0 Å². The summed E-state index contributed by atoms with van der Waals surface area (Å²) in [6.07, 6.45) is 3.50. The van der Waals surface area contributed by atoms with Gasteiger partial charge in [0.1, 0.15) is 5.75 Å². The summed E-state index contributed by atoms with van der Waals surface area (Å²) in [6, 6.07) is 20.8. The number of nitrogens with zero attached hydrogens (tertiary/aromatic N) is 4. The summed E-state index contributed by atoms with van der Waals surface area (Å²) in [6.45, 7) is 8.76. The number of hydrogen-bond acceptors (Lipinski definition) is 6. The van der Waals surface area contributed by atoms with E-state index in [1.807, 2.05) is 49.4 Å². The molecule has 0 radical (unpaired) electrons. The molecular formula is C31H37N5O3. The summed E-state index contributed by atoms with van der Waals surface area (Å²) >= 11 is 0. The second kappa shape index (κ2) is 12.9. The molecule has 8 heteroatoms. The van der Waals surface area contributed by atoms with Gasteiger partial charge in [-0.3, -0.25) is 19.6 Å². The Kier molecular flexibility index (Phi) is 8.85. The third-order valence-electron chi connectivity index (χ3n) is 7.35. The first kappa shape index (κ1) is 26.8. The van der Waals surface area contributed by atoms with Crippen LogP contribution in [-0.4, -0.2) is 71.0 Å². The van der Waals surface area contributed by atoms with Crippen LogP contribution in [0.5, 0.6) is 5.75 Å². The molecule has 8 nitrogen and oxygen atoms in total. The lowest BCUT2D eigenvalue weighted by Gasteiger charge is -2.33. The number of rotatable bonds is 7. The second-order valence-corrected chi connectivity index (χ2v) is 10.4. The average Bonchev–Trinajstić information content (AvgIpc) is 2.95. The van der Waals surface area contributed by atoms with Crippen molar-refractivity contribution in [1.29, 1.82) is 0 Å². The Morgan fingerprint density at radius 1 is 0.795 bits per heavy atom. The zero-order valence-electron chi connectivity index (χ0n) is 22.6. The van der Waals surface area contributed by atoms with Crippen molar-refractivity contribution in [3.05, 3.63) is 89.2 Å². The van der Waals surface area contributed by atoms with Gasteiger partial charge in [0, 0.05) is 56.2 Å². The Morgan fingerprint density at radius 3 is 2.18 bits per heavy atom. The first-order chi connectivity index (χ1) is 19.0. The molecular weight excluding hydrogens is 490 g/mol. The van der Waals surface area contributed by atoms with Gasteiger partial charge in [-0.15, -0.1) is 0 Å². The van der Waals surface area contributed by atoms with Crippen LogP contribution in [-0.2, 0) is 13.1 Å². The molecule has 1 aromatic heterocycles. The minimum atomic E-state index is -0.357. The number of carbonyl (C=O) groups is 2. The normalized spacial score (nSPS) is 16.6. The number of aryl methyl sites for hydroxylation is 1. The van der Waals surface area contributed by atoms with E-state index in [4.69, 9.17) is 4.74 Å². The third-order valence-corrected chi connectivity index (χ3v) is 7.35. The zero-order chi connectivity index (χ0) is 27.0. The Hall–Kier alpha value is -3.75. The number of hydrogen-bond donors (Lipinski definition) is 1. The Morgan fingerprint density at radius 2 is 1.49 bits per heavy atom. The SMILES string of the molecule is Cc1cccc(CN2CCN(C(=O)Oc3ccc(NC(=O)c4ccc(CN5CCCCC5)cc4)cc3)CC2)n1. The minimum absolute atomic E-state index is 0.164. The topological polar surface area (TPSA) is 78.0 Å². The highest BCUT2D eigenvalue weighted by Crippen LogP contribution is 2.19. The molecule has 2 saturated heterocycles. The number of piperidine rings is 1. The molecule has 0 spiro atoms. The van der Waals surface area contributed by atoms with Gasteiger partial charge in [0.2, 0.25) is 0 Å². The summed E-state index contributed by atoms with van der Waals surface area (Å²) in [5, 5.41) is 2.92. The van der Waals surface area contributed by atoms with Gasteiger partial charge in [-0.1, -0.05) is 24.6 Å². The third kappa shape index (κ3) is 7.65. The predicted molar refractivity (Wildman–Crippen MR) is 152 cm³/mol. The number of aromatic nitrogens is 1. The number of pyridine rings is 1. The summed E-state index contributed by atoms with van der Waals surface area (Å²) in [7, 11) is 0. The van der Waals surface area contributed by atoms with Crippen LogP contribution in [0.25, 0.3) is 0 Å². The maximum absolute atomic E-state index is 12.7. The first-order valence-corrected chi connectivity index (χ1v) is 13.9. The van der Waals surface area contributed by atoms with Crippen molar-refractivity contribution >= 4 is 17.7 Å². The van der Waals surface area contributed by atoms with Gasteiger partial charge in [-0.25, -0.2) is 4.79 Å². The van der Waals surface area contributed by atoms with E-state index in [9.17, 15) is 9.59 Å². The number of amides is 2. The summed E-state index contributed by atoms with van der Waals surface area (Å²) < 4.78 is 5.58. The molecule has 3 heterocycles. The molecule has 2 aliphatic rings. The van der Waals surface area contributed by atoms with Crippen LogP contribution in [0.15, 0.2) is 66.7 Å². The molecule has 1 N–H and O–H groups in total. The van der Waals surface area contributed by atoms with Crippen molar-refractivity contribution in [3.63, 3.8) is 0 Å². The van der Waals surface area contributed by atoms with Gasteiger partial charge in [0.05, 0.1) is 5.69 Å². The van der Waals surface area contributed by atoms with Crippen LogP contribution < -0.4 is 10.1 Å². The lowest BCUT2D eigenvalue weighted by molar-refractivity contribution is 0.102. The molecule has 0 atom stereocenters. The smallest absolute Gasteiger partial charge is 0.410 e. The van der Waals surface area contributed by atoms with E-state index < -0.39 is 0 Å². The molecule has 0 aliphatic carbocycles. The molecule has 39 heavy (non-hydrogen) atoms. The highest BCUT2D eigenvalue weighted by molar-refractivity contribution is 6.04. The Balaban J connectivity index is 1.06. The monoisotopic (exact) mass is 527 g/mol. The van der Waals surface area contributed by atoms with Crippen molar-refractivity contribution in [1.82, 2.24) is 19.7 Å².